The van der Waals surface area contributed by atoms with Crippen LogP contribution in [0.15, 0.2) is 35.3 Å². The molecule has 148 valence electrons. The fourth-order valence-electron chi connectivity index (χ4n) is 3.06. The summed E-state index contributed by atoms with van der Waals surface area (Å²) in [6.07, 6.45) is 5.56. The van der Waals surface area contributed by atoms with Crippen LogP contribution in [0.2, 0.25) is 0 Å². The SMILES string of the molecule is C#CCn1c(=NC(=O)c2cc(OC)ccc2OC)sc2cc3c(cc21)OCCO3. The van der Waals surface area contributed by atoms with Crippen molar-refractivity contribution in [2.45, 2.75) is 6.54 Å². The molecule has 0 spiro atoms. The van der Waals surface area contributed by atoms with Gasteiger partial charge in [0.15, 0.2) is 16.3 Å². The summed E-state index contributed by atoms with van der Waals surface area (Å²) in [4.78, 5) is 17.7. The highest BCUT2D eigenvalue weighted by atomic mass is 32.1. The van der Waals surface area contributed by atoms with Crippen molar-refractivity contribution in [1.82, 2.24) is 4.57 Å². The van der Waals surface area contributed by atoms with Crippen LogP contribution in [-0.2, 0) is 6.54 Å². The molecule has 29 heavy (non-hydrogen) atoms. The summed E-state index contributed by atoms with van der Waals surface area (Å²) in [6.45, 7) is 1.25. The van der Waals surface area contributed by atoms with Crippen molar-refractivity contribution in [2.24, 2.45) is 4.99 Å². The summed E-state index contributed by atoms with van der Waals surface area (Å²) in [7, 11) is 3.03. The third-order valence-corrected chi connectivity index (χ3v) is 5.47. The molecule has 0 aliphatic carbocycles. The number of terminal acetylenes is 1. The van der Waals surface area contributed by atoms with E-state index >= 15 is 0 Å². The van der Waals surface area contributed by atoms with Gasteiger partial charge in [-0.25, -0.2) is 0 Å². The Bertz CT molecular complexity index is 1200. The van der Waals surface area contributed by atoms with Gasteiger partial charge in [-0.05, 0) is 18.2 Å². The molecule has 0 saturated carbocycles. The summed E-state index contributed by atoms with van der Waals surface area (Å²) in [5.74, 6) is 4.45. The smallest absolute Gasteiger partial charge is 0.283 e. The number of hydrogen-bond donors (Lipinski definition) is 0. The summed E-state index contributed by atoms with van der Waals surface area (Å²) < 4.78 is 24.5. The third-order valence-electron chi connectivity index (χ3n) is 4.43. The van der Waals surface area contributed by atoms with E-state index < -0.39 is 5.91 Å². The second-order valence-electron chi connectivity index (χ2n) is 6.12. The van der Waals surface area contributed by atoms with Crippen molar-refractivity contribution < 1.29 is 23.7 Å². The quantitative estimate of drug-likeness (QED) is 0.619. The van der Waals surface area contributed by atoms with Gasteiger partial charge in [-0.15, -0.1) is 6.42 Å². The molecular weight excluding hydrogens is 392 g/mol. The minimum atomic E-state index is -0.449. The maximum Gasteiger partial charge on any atom is 0.283 e. The lowest BCUT2D eigenvalue weighted by Crippen LogP contribution is -2.17. The van der Waals surface area contributed by atoms with E-state index in [1.165, 1.54) is 25.6 Å². The maximum atomic E-state index is 12.9. The molecule has 4 rings (SSSR count). The molecule has 0 N–H and O–H groups in total. The van der Waals surface area contributed by atoms with Crippen LogP contribution in [-0.4, -0.2) is 37.9 Å². The monoisotopic (exact) mass is 410 g/mol. The topological polar surface area (TPSA) is 71.3 Å². The number of fused-ring (bicyclic) bond motifs is 2. The zero-order chi connectivity index (χ0) is 20.4. The fourth-order valence-corrected chi connectivity index (χ4v) is 4.10. The van der Waals surface area contributed by atoms with Gasteiger partial charge in [0.25, 0.3) is 5.91 Å². The zero-order valence-electron chi connectivity index (χ0n) is 15.9. The Morgan fingerprint density at radius 2 is 1.97 bits per heavy atom. The van der Waals surface area contributed by atoms with E-state index in [-0.39, 0.29) is 6.54 Å². The number of ether oxygens (including phenoxy) is 4. The van der Waals surface area contributed by atoms with Crippen LogP contribution in [0.1, 0.15) is 10.4 Å². The highest BCUT2D eigenvalue weighted by Crippen LogP contribution is 2.35. The van der Waals surface area contributed by atoms with E-state index in [4.69, 9.17) is 25.4 Å². The number of hydrogen-bond acceptors (Lipinski definition) is 6. The first kappa shape index (κ1) is 18.9. The Kier molecular flexibility index (Phi) is 5.14. The van der Waals surface area contributed by atoms with Crippen molar-refractivity contribution in [2.75, 3.05) is 27.4 Å². The molecule has 8 heteroatoms. The predicted molar refractivity (Wildman–Crippen MR) is 109 cm³/mol. The summed E-state index contributed by atoms with van der Waals surface area (Å²) in [5, 5.41) is 0. The normalized spacial score (nSPS) is 13.2. The predicted octanol–water partition coefficient (Wildman–Crippen LogP) is 2.87. The molecule has 0 radical (unpaired) electrons. The number of thiazole rings is 1. The van der Waals surface area contributed by atoms with Crippen molar-refractivity contribution in [3.63, 3.8) is 0 Å². The van der Waals surface area contributed by atoms with Gasteiger partial charge >= 0.3 is 0 Å². The summed E-state index contributed by atoms with van der Waals surface area (Å²) in [5.41, 5.74) is 1.14. The van der Waals surface area contributed by atoms with E-state index in [2.05, 4.69) is 10.9 Å². The number of amides is 1. The van der Waals surface area contributed by atoms with Crippen molar-refractivity contribution in [1.29, 1.82) is 0 Å². The molecule has 1 amide bonds. The molecule has 0 bridgehead atoms. The first-order valence-electron chi connectivity index (χ1n) is 8.82. The standard InChI is InChI=1S/C21H18N2O5S/c1-4-7-23-15-11-17-18(28-9-8-27-17)12-19(15)29-21(23)22-20(24)14-10-13(25-2)5-6-16(14)26-3/h1,5-6,10-12H,7-9H2,2-3H3. The first-order valence-corrected chi connectivity index (χ1v) is 9.63. The average molecular weight is 410 g/mol. The minimum absolute atomic E-state index is 0.265. The van der Waals surface area contributed by atoms with Crippen LogP contribution in [0.5, 0.6) is 23.0 Å². The Hall–Kier alpha value is -3.44. The van der Waals surface area contributed by atoms with E-state index in [9.17, 15) is 4.79 Å². The molecular formula is C21H18N2O5S. The van der Waals surface area contributed by atoms with Crippen LogP contribution in [0.3, 0.4) is 0 Å². The lowest BCUT2D eigenvalue weighted by atomic mass is 10.2. The van der Waals surface area contributed by atoms with E-state index in [1.807, 2.05) is 16.7 Å². The molecule has 1 aromatic heterocycles. The van der Waals surface area contributed by atoms with E-state index in [0.29, 0.717) is 46.6 Å². The van der Waals surface area contributed by atoms with Gasteiger partial charge in [-0.2, -0.15) is 4.99 Å². The van der Waals surface area contributed by atoms with Crippen LogP contribution < -0.4 is 23.7 Å². The highest BCUT2D eigenvalue weighted by molar-refractivity contribution is 7.16. The molecule has 0 atom stereocenters. The minimum Gasteiger partial charge on any atom is -0.497 e. The fraction of sp³-hybridized carbons (Fsp3) is 0.238. The molecule has 7 nitrogen and oxygen atoms in total. The van der Waals surface area contributed by atoms with Gasteiger partial charge in [0, 0.05) is 12.1 Å². The number of nitrogens with zero attached hydrogens (tertiary/aromatic N) is 2. The van der Waals surface area contributed by atoms with Crippen LogP contribution in [0.4, 0.5) is 0 Å². The Morgan fingerprint density at radius 3 is 2.66 bits per heavy atom. The van der Waals surface area contributed by atoms with Crippen LogP contribution in [0, 0.1) is 12.3 Å². The molecule has 0 unspecified atom stereocenters. The summed E-state index contributed by atoms with van der Waals surface area (Å²) in [6, 6.07) is 8.75. The Morgan fingerprint density at radius 1 is 1.21 bits per heavy atom. The number of carbonyl (C=O) groups is 1. The van der Waals surface area contributed by atoms with Gasteiger partial charge < -0.3 is 23.5 Å². The zero-order valence-corrected chi connectivity index (χ0v) is 16.7. The molecule has 0 fully saturated rings. The number of methoxy groups -OCH3 is 2. The van der Waals surface area contributed by atoms with Crippen molar-refractivity contribution in [3.8, 4) is 35.3 Å². The molecule has 2 aromatic carbocycles. The third kappa shape index (κ3) is 3.52. The largest absolute Gasteiger partial charge is 0.497 e. The number of benzene rings is 2. The summed E-state index contributed by atoms with van der Waals surface area (Å²) >= 11 is 1.36. The molecule has 2 heterocycles. The number of rotatable bonds is 4. The Labute approximate surface area is 171 Å². The molecule has 1 aliphatic rings. The van der Waals surface area contributed by atoms with Gasteiger partial charge in [0.1, 0.15) is 24.7 Å². The van der Waals surface area contributed by atoms with Crippen LogP contribution >= 0.6 is 11.3 Å². The van der Waals surface area contributed by atoms with Gasteiger partial charge in [0.2, 0.25) is 0 Å². The second-order valence-corrected chi connectivity index (χ2v) is 7.13. The van der Waals surface area contributed by atoms with Crippen molar-refractivity contribution >= 4 is 27.5 Å². The maximum absolute atomic E-state index is 12.9. The van der Waals surface area contributed by atoms with Gasteiger partial charge in [-0.3, -0.25) is 4.79 Å². The van der Waals surface area contributed by atoms with Gasteiger partial charge in [-0.1, -0.05) is 17.3 Å². The number of carbonyl (C=O) groups excluding carboxylic acids is 1. The van der Waals surface area contributed by atoms with Crippen LogP contribution in [0.25, 0.3) is 10.2 Å². The number of aromatic nitrogens is 1. The first-order chi connectivity index (χ1) is 14.1. The molecule has 1 aliphatic heterocycles. The average Bonchev–Trinajstić information content (AvgIpc) is 3.07. The lowest BCUT2D eigenvalue weighted by Gasteiger charge is -2.18. The van der Waals surface area contributed by atoms with Gasteiger partial charge in [0.05, 0.1) is 36.5 Å². The highest BCUT2D eigenvalue weighted by Gasteiger charge is 2.18. The van der Waals surface area contributed by atoms with E-state index in [0.717, 1.165) is 10.2 Å². The molecule has 0 saturated heterocycles. The Balaban J connectivity index is 1.86. The molecule has 3 aromatic rings. The van der Waals surface area contributed by atoms with E-state index in [1.54, 1.807) is 18.2 Å². The van der Waals surface area contributed by atoms with Crippen molar-refractivity contribution in [3.05, 3.63) is 40.7 Å². The second kappa shape index (κ2) is 7.89. The lowest BCUT2D eigenvalue weighted by molar-refractivity contribution is 0.0994.